The molecule has 1 aromatic carbocycles. The second-order valence-corrected chi connectivity index (χ2v) is 4.40. The van der Waals surface area contributed by atoms with E-state index in [-0.39, 0.29) is 23.4 Å². The molecule has 1 heterocycles. The van der Waals surface area contributed by atoms with Crippen LogP contribution in [0.3, 0.4) is 0 Å². The highest BCUT2D eigenvalue weighted by atomic mass is 16.5. The lowest BCUT2D eigenvalue weighted by molar-refractivity contribution is 0.0883. The highest BCUT2D eigenvalue weighted by Crippen LogP contribution is 2.35. The number of rotatable bonds is 1. The summed E-state index contributed by atoms with van der Waals surface area (Å²) >= 11 is 0. The van der Waals surface area contributed by atoms with Gasteiger partial charge in [0, 0.05) is 17.5 Å². The Kier molecular flexibility index (Phi) is 2.40. The van der Waals surface area contributed by atoms with E-state index in [1.165, 1.54) is 0 Å². The molecule has 0 radical (unpaired) electrons. The van der Waals surface area contributed by atoms with E-state index in [0.717, 1.165) is 0 Å². The summed E-state index contributed by atoms with van der Waals surface area (Å²) in [4.78, 5) is 24.5. The van der Waals surface area contributed by atoms with E-state index in [0.29, 0.717) is 23.1 Å². The molecule has 2 aliphatic rings. The van der Waals surface area contributed by atoms with E-state index in [4.69, 9.17) is 4.74 Å². The summed E-state index contributed by atoms with van der Waals surface area (Å²) in [6, 6.07) is 6.90. The van der Waals surface area contributed by atoms with Crippen LogP contribution in [-0.4, -0.2) is 17.7 Å². The zero-order valence-corrected chi connectivity index (χ0v) is 9.97. The molecule has 0 amide bonds. The first-order chi connectivity index (χ1) is 8.72. The van der Waals surface area contributed by atoms with Gasteiger partial charge in [0.05, 0.1) is 5.57 Å². The molecule has 0 aromatic heterocycles. The molecule has 1 aromatic rings. The normalized spacial score (nSPS) is 22.2. The molecule has 18 heavy (non-hydrogen) atoms. The molecular weight excluding hydrogens is 228 g/mol. The maximum Gasteiger partial charge on any atom is 0.228 e. The molecule has 0 bridgehead atoms. The highest BCUT2D eigenvalue weighted by Gasteiger charge is 2.39. The van der Waals surface area contributed by atoms with Gasteiger partial charge in [0.25, 0.3) is 0 Å². The van der Waals surface area contributed by atoms with E-state index in [2.05, 4.69) is 0 Å². The van der Waals surface area contributed by atoms with Crippen molar-refractivity contribution in [1.82, 2.24) is 0 Å². The predicted octanol–water partition coefficient (Wildman–Crippen LogP) is 2.68. The Morgan fingerprint density at radius 1 is 1.17 bits per heavy atom. The molecule has 0 fully saturated rings. The summed E-state index contributed by atoms with van der Waals surface area (Å²) in [6.07, 6.45) is 4.02. The fourth-order valence-electron chi connectivity index (χ4n) is 2.43. The average Bonchev–Trinajstić information content (AvgIpc) is 2.81. The smallest absolute Gasteiger partial charge is 0.228 e. The average molecular weight is 240 g/mol. The Hall–Kier alpha value is -2.16. The zero-order chi connectivity index (χ0) is 12.7. The number of fused-ring (bicyclic) bond motifs is 1. The lowest BCUT2D eigenvalue weighted by atomic mass is 9.87. The van der Waals surface area contributed by atoms with Crippen molar-refractivity contribution in [2.24, 2.45) is 0 Å². The van der Waals surface area contributed by atoms with E-state index in [9.17, 15) is 9.59 Å². The van der Waals surface area contributed by atoms with Crippen LogP contribution in [0, 0.1) is 0 Å². The molecule has 1 atom stereocenters. The van der Waals surface area contributed by atoms with Gasteiger partial charge in [-0.2, -0.15) is 0 Å². The summed E-state index contributed by atoms with van der Waals surface area (Å²) in [5.41, 5.74) is 1.45. The van der Waals surface area contributed by atoms with Crippen LogP contribution < -0.4 is 0 Å². The SMILES string of the molecule is C/C=C/C1CC2=C(O1)C(=O)c1ccccc1C2=O. The maximum absolute atomic E-state index is 12.3. The van der Waals surface area contributed by atoms with Gasteiger partial charge in [0.15, 0.2) is 11.5 Å². The third-order valence-electron chi connectivity index (χ3n) is 3.25. The van der Waals surface area contributed by atoms with Crippen LogP contribution in [0.4, 0.5) is 0 Å². The highest BCUT2D eigenvalue weighted by molar-refractivity contribution is 6.26. The van der Waals surface area contributed by atoms with Crippen molar-refractivity contribution in [3.8, 4) is 0 Å². The molecule has 0 spiro atoms. The largest absolute Gasteiger partial charge is 0.481 e. The van der Waals surface area contributed by atoms with Crippen molar-refractivity contribution >= 4 is 11.6 Å². The maximum atomic E-state index is 12.3. The van der Waals surface area contributed by atoms with Gasteiger partial charge in [0.1, 0.15) is 6.10 Å². The molecule has 3 nitrogen and oxygen atoms in total. The van der Waals surface area contributed by atoms with E-state index >= 15 is 0 Å². The number of Topliss-reactive ketones (excluding diaryl/α,β-unsaturated/α-hetero) is 2. The van der Waals surface area contributed by atoms with Crippen LogP contribution in [0.5, 0.6) is 0 Å². The van der Waals surface area contributed by atoms with Gasteiger partial charge in [0.2, 0.25) is 5.78 Å². The Balaban J connectivity index is 2.06. The summed E-state index contributed by atoms with van der Waals surface area (Å²) in [6.45, 7) is 1.89. The molecule has 1 aliphatic carbocycles. The summed E-state index contributed by atoms with van der Waals surface area (Å²) in [5.74, 6) is -0.0128. The van der Waals surface area contributed by atoms with Crippen molar-refractivity contribution in [3.05, 3.63) is 58.9 Å². The monoisotopic (exact) mass is 240 g/mol. The second kappa shape index (κ2) is 3.95. The molecule has 1 aliphatic heterocycles. The van der Waals surface area contributed by atoms with Gasteiger partial charge in [-0.15, -0.1) is 0 Å². The minimum Gasteiger partial charge on any atom is -0.481 e. The predicted molar refractivity (Wildman–Crippen MR) is 66.4 cm³/mol. The summed E-state index contributed by atoms with van der Waals surface area (Å²) in [5, 5.41) is 0. The number of ketones is 2. The molecule has 0 N–H and O–H groups in total. The Morgan fingerprint density at radius 3 is 2.50 bits per heavy atom. The van der Waals surface area contributed by atoms with Crippen molar-refractivity contribution in [2.75, 3.05) is 0 Å². The number of carbonyl (C=O) groups excluding carboxylic acids is 2. The van der Waals surface area contributed by atoms with Crippen LogP contribution in [0.1, 0.15) is 34.1 Å². The third kappa shape index (κ3) is 1.44. The second-order valence-electron chi connectivity index (χ2n) is 4.40. The first-order valence-corrected chi connectivity index (χ1v) is 5.93. The minimum atomic E-state index is -0.192. The van der Waals surface area contributed by atoms with Crippen LogP contribution in [0.2, 0.25) is 0 Å². The quantitative estimate of drug-likeness (QED) is 0.709. The lowest BCUT2D eigenvalue weighted by Crippen LogP contribution is -2.19. The van der Waals surface area contributed by atoms with Gasteiger partial charge in [-0.05, 0) is 13.0 Å². The van der Waals surface area contributed by atoms with Crippen LogP contribution in [0.25, 0.3) is 0 Å². The standard InChI is InChI=1S/C15H12O3/c1-2-5-9-8-12-13(16)10-6-3-4-7-11(10)14(17)15(12)18-9/h2-7,9H,8H2,1H3/b5-2+. The van der Waals surface area contributed by atoms with Crippen molar-refractivity contribution in [1.29, 1.82) is 0 Å². The number of ether oxygens (including phenoxy) is 1. The van der Waals surface area contributed by atoms with Gasteiger partial charge in [-0.1, -0.05) is 30.3 Å². The van der Waals surface area contributed by atoms with E-state index < -0.39 is 0 Å². The number of benzene rings is 1. The van der Waals surface area contributed by atoms with Crippen LogP contribution >= 0.6 is 0 Å². The number of allylic oxidation sites excluding steroid dienone is 2. The van der Waals surface area contributed by atoms with Gasteiger partial charge in [-0.3, -0.25) is 9.59 Å². The van der Waals surface area contributed by atoms with Crippen molar-refractivity contribution < 1.29 is 14.3 Å². The van der Waals surface area contributed by atoms with Gasteiger partial charge >= 0.3 is 0 Å². The van der Waals surface area contributed by atoms with Crippen molar-refractivity contribution in [2.45, 2.75) is 19.4 Å². The van der Waals surface area contributed by atoms with Gasteiger partial charge in [-0.25, -0.2) is 0 Å². The molecule has 0 saturated carbocycles. The molecule has 3 heteroatoms. The first kappa shape index (κ1) is 11.0. The summed E-state index contributed by atoms with van der Waals surface area (Å²) in [7, 11) is 0. The fraction of sp³-hybridized carbons (Fsp3) is 0.200. The van der Waals surface area contributed by atoms with E-state index in [1.807, 2.05) is 19.1 Å². The first-order valence-electron chi connectivity index (χ1n) is 5.93. The third-order valence-corrected chi connectivity index (χ3v) is 3.25. The topological polar surface area (TPSA) is 43.4 Å². The Bertz CT molecular complexity index is 561. The van der Waals surface area contributed by atoms with Crippen LogP contribution in [0.15, 0.2) is 47.7 Å². The molecule has 0 saturated heterocycles. The summed E-state index contributed by atoms with van der Waals surface area (Å²) < 4.78 is 5.57. The Labute approximate surface area is 105 Å². The minimum absolute atomic E-state index is 0.0767. The number of hydrogen-bond donors (Lipinski definition) is 0. The van der Waals surface area contributed by atoms with Crippen molar-refractivity contribution in [3.63, 3.8) is 0 Å². The van der Waals surface area contributed by atoms with Gasteiger partial charge < -0.3 is 4.74 Å². The zero-order valence-electron chi connectivity index (χ0n) is 9.97. The number of carbonyl (C=O) groups is 2. The lowest BCUT2D eigenvalue weighted by Gasteiger charge is -2.14. The number of hydrogen-bond acceptors (Lipinski definition) is 3. The molecule has 1 unspecified atom stereocenters. The van der Waals surface area contributed by atoms with E-state index in [1.54, 1.807) is 24.3 Å². The molecular formula is C15H12O3. The molecule has 3 rings (SSSR count). The Morgan fingerprint density at radius 2 is 1.83 bits per heavy atom. The fourth-order valence-corrected chi connectivity index (χ4v) is 2.43. The van der Waals surface area contributed by atoms with Crippen LogP contribution in [-0.2, 0) is 4.74 Å². The molecule has 90 valence electrons.